The SMILES string of the molecule is Cc1ccncc1-c1nc(C(N)C(=O)O)cs1. The van der Waals surface area contributed by atoms with Crippen molar-refractivity contribution in [1.82, 2.24) is 9.97 Å². The summed E-state index contributed by atoms with van der Waals surface area (Å²) in [5.74, 6) is -1.08. The molecule has 1 atom stereocenters. The first kappa shape index (κ1) is 11.7. The van der Waals surface area contributed by atoms with Crippen LogP contribution < -0.4 is 5.73 Å². The average molecular weight is 249 g/mol. The van der Waals surface area contributed by atoms with Crippen LogP contribution >= 0.6 is 11.3 Å². The quantitative estimate of drug-likeness (QED) is 0.862. The summed E-state index contributed by atoms with van der Waals surface area (Å²) in [6, 6.07) is 0.810. The Morgan fingerprint density at radius 1 is 1.59 bits per heavy atom. The van der Waals surface area contributed by atoms with E-state index in [9.17, 15) is 4.79 Å². The molecule has 0 aliphatic carbocycles. The summed E-state index contributed by atoms with van der Waals surface area (Å²) in [6.07, 6.45) is 3.42. The highest BCUT2D eigenvalue weighted by molar-refractivity contribution is 7.13. The Morgan fingerprint density at radius 2 is 2.35 bits per heavy atom. The van der Waals surface area contributed by atoms with E-state index in [1.54, 1.807) is 17.8 Å². The first-order chi connectivity index (χ1) is 8.09. The molecule has 0 aliphatic rings. The fraction of sp³-hybridized carbons (Fsp3) is 0.182. The molecule has 0 aromatic carbocycles. The highest BCUT2D eigenvalue weighted by Gasteiger charge is 2.18. The Bertz CT molecular complexity index is 553. The van der Waals surface area contributed by atoms with Gasteiger partial charge in [-0.05, 0) is 18.6 Å². The molecule has 2 aromatic heterocycles. The van der Waals surface area contributed by atoms with Gasteiger partial charge in [0.1, 0.15) is 11.0 Å². The second-order valence-corrected chi connectivity index (χ2v) is 4.44. The van der Waals surface area contributed by atoms with Crippen LogP contribution in [0.5, 0.6) is 0 Å². The molecule has 0 saturated carbocycles. The van der Waals surface area contributed by atoms with Crippen molar-refractivity contribution >= 4 is 17.3 Å². The molecule has 0 fully saturated rings. The van der Waals surface area contributed by atoms with Crippen LogP contribution in [0.2, 0.25) is 0 Å². The second kappa shape index (κ2) is 4.60. The zero-order chi connectivity index (χ0) is 12.4. The molecule has 2 heterocycles. The van der Waals surface area contributed by atoms with E-state index in [0.717, 1.165) is 16.1 Å². The minimum absolute atomic E-state index is 0.376. The van der Waals surface area contributed by atoms with Crippen molar-refractivity contribution in [2.45, 2.75) is 13.0 Å². The van der Waals surface area contributed by atoms with Crippen LogP contribution in [0.4, 0.5) is 0 Å². The van der Waals surface area contributed by atoms with Gasteiger partial charge in [-0.25, -0.2) is 4.98 Å². The molecule has 5 nitrogen and oxygen atoms in total. The maximum Gasteiger partial charge on any atom is 0.326 e. The van der Waals surface area contributed by atoms with Gasteiger partial charge in [-0.15, -0.1) is 11.3 Å². The fourth-order valence-corrected chi connectivity index (χ4v) is 2.30. The Morgan fingerprint density at radius 3 is 3.00 bits per heavy atom. The van der Waals surface area contributed by atoms with Gasteiger partial charge in [-0.1, -0.05) is 0 Å². The number of aromatic nitrogens is 2. The summed E-state index contributed by atoms with van der Waals surface area (Å²) in [4.78, 5) is 19.0. The van der Waals surface area contributed by atoms with E-state index in [-0.39, 0.29) is 0 Å². The van der Waals surface area contributed by atoms with Crippen LogP contribution in [0.3, 0.4) is 0 Å². The maximum absolute atomic E-state index is 10.7. The Labute approximate surface area is 102 Å². The van der Waals surface area contributed by atoms with Crippen LogP contribution in [0, 0.1) is 6.92 Å². The number of aryl methyl sites for hydroxylation is 1. The minimum atomic E-state index is -1.08. The third-order valence-corrected chi connectivity index (χ3v) is 3.27. The summed E-state index contributed by atoms with van der Waals surface area (Å²) < 4.78 is 0. The third-order valence-electron chi connectivity index (χ3n) is 2.38. The van der Waals surface area contributed by atoms with Gasteiger partial charge in [0.05, 0.1) is 5.69 Å². The van der Waals surface area contributed by atoms with Gasteiger partial charge < -0.3 is 10.8 Å². The number of pyridine rings is 1. The molecule has 88 valence electrons. The molecular weight excluding hydrogens is 238 g/mol. The van der Waals surface area contributed by atoms with Gasteiger partial charge in [0.15, 0.2) is 0 Å². The summed E-state index contributed by atoms with van der Waals surface area (Å²) in [7, 11) is 0. The van der Waals surface area contributed by atoms with Crippen molar-refractivity contribution in [2.75, 3.05) is 0 Å². The number of rotatable bonds is 3. The topological polar surface area (TPSA) is 89.1 Å². The lowest BCUT2D eigenvalue weighted by Crippen LogP contribution is -2.20. The molecule has 0 spiro atoms. The number of aliphatic carboxylic acids is 1. The highest BCUT2D eigenvalue weighted by Crippen LogP contribution is 2.27. The molecule has 2 aromatic rings. The maximum atomic E-state index is 10.7. The molecule has 0 amide bonds. The summed E-state index contributed by atoms with van der Waals surface area (Å²) in [6.45, 7) is 1.95. The first-order valence-corrected chi connectivity index (χ1v) is 5.82. The lowest BCUT2D eigenvalue weighted by atomic mass is 10.2. The number of hydrogen-bond acceptors (Lipinski definition) is 5. The zero-order valence-corrected chi connectivity index (χ0v) is 9.94. The van der Waals surface area contributed by atoms with Crippen LogP contribution in [-0.2, 0) is 4.79 Å². The van der Waals surface area contributed by atoms with Gasteiger partial charge >= 0.3 is 5.97 Å². The highest BCUT2D eigenvalue weighted by atomic mass is 32.1. The largest absolute Gasteiger partial charge is 0.480 e. The van der Waals surface area contributed by atoms with Gasteiger partial charge in [0.2, 0.25) is 0 Å². The molecule has 0 bridgehead atoms. The molecule has 3 N–H and O–H groups in total. The summed E-state index contributed by atoms with van der Waals surface area (Å²) in [5, 5.41) is 11.2. The number of nitrogens with zero attached hydrogens (tertiary/aromatic N) is 2. The summed E-state index contributed by atoms with van der Waals surface area (Å²) >= 11 is 1.37. The normalized spacial score (nSPS) is 12.4. The van der Waals surface area contributed by atoms with Crippen molar-refractivity contribution < 1.29 is 9.90 Å². The van der Waals surface area contributed by atoms with E-state index in [1.807, 2.05) is 13.0 Å². The number of carboxylic acids is 1. The zero-order valence-electron chi connectivity index (χ0n) is 9.12. The molecular formula is C11H11N3O2S. The Balaban J connectivity index is 2.37. The van der Waals surface area contributed by atoms with E-state index < -0.39 is 12.0 Å². The molecule has 0 radical (unpaired) electrons. The van der Waals surface area contributed by atoms with Crippen molar-refractivity contribution in [3.63, 3.8) is 0 Å². The van der Waals surface area contributed by atoms with E-state index in [4.69, 9.17) is 10.8 Å². The number of thiazole rings is 1. The lowest BCUT2D eigenvalue weighted by molar-refractivity contribution is -0.138. The number of carboxylic acid groups (broad SMARTS) is 1. The van der Waals surface area contributed by atoms with Crippen molar-refractivity contribution in [1.29, 1.82) is 0 Å². The van der Waals surface area contributed by atoms with Crippen molar-refractivity contribution in [3.05, 3.63) is 35.1 Å². The Hall–Kier alpha value is -1.79. The van der Waals surface area contributed by atoms with Gasteiger partial charge in [-0.3, -0.25) is 9.78 Å². The van der Waals surface area contributed by atoms with Crippen LogP contribution in [0.15, 0.2) is 23.8 Å². The van der Waals surface area contributed by atoms with E-state index >= 15 is 0 Å². The molecule has 6 heteroatoms. The van der Waals surface area contributed by atoms with Gasteiger partial charge in [0.25, 0.3) is 0 Å². The Kier molecular flexibility index (Phi) is 3.16. The average Bonchev–Trinajstić information content (AvgIpc) is 2.77. The van der Waals surface area contributed by atoms with Crippen LogP contribution in [0.25, 0.3) is 10.6 Å². The molecule has 17 heavy (non-hydrogen) atoms. The summed E-state index contributed by atoms with van der Waals surface area (Å²) in [5.41, 5.74) is 7.82. The lowest BCUT2D eigenvalue weighted by Gasteiger charge is -2.02. The molecule has 0 saturated heterocycles. The van der Waals surface area contributed by atoms with Crippen molar-refractivity contribution in [3.8, 4) is 10.6 Å². The molecule has 0 aliphatic heterocycles. The fourth-order valence-electron chi connectivity index (χ4n) is 1.37. The smallest absolute Gasteiger partial charge is 0.326 e. The molecule has 2 rings (SSSR count). The number of carbonyl (C=O) groups is 1. The first-order valence-electron chi connectivity index (χ1n) is 4.94. The molecule has 1 unspecified atom stereocenters. The number of hydrogen-bond donors (Lipinski definition) is 2. The standard InChI is InChI=1S/C11H11N3O2S/c1-6-2-3-13-4-7(6)10-14-8(5-17-10)9(12)11(15)16/h2-5,9H,12H2,1H3,(H,15,16). The van der Waals surface area contributed by atoms with Gasteiger partial charge in [-0.2, -0.15) is 0 Å². The monoisotopic (exact) mass is 249 g/mol. The van der Waals surface area contributed by atoms with Crippen molar-refractivity contribution in [2.24, 2.45) is 5.73 Å². The van der Waals surface area contributed by atoms with E-state index in [0.29, 0.717) is 5.69 Å². The van der Waals surface area contributed by atoms with E-state index in [2.05, 4.69) is 9.97 Å². The number of nitrogens with two attached hydrogens (primary N) is 1. The minimum Gasteiger partial charge on any atom is -0.480 e. The second-order valence-electron chi connectivity index (χ2n) is 3.58. The predicted molar refractivity (Wildman–Crippen MR) is 64.6 cm³/mol. The van der Waals surface area contributed by atoms with E-state index in [1.165, 1.54) is 11.3 Å². The van der Waals surface area contributed by atoms with Crippen LogP contribution in [0.1, 0.15) is 17.3 Å². The van der Waals surface area contributed by atoms with Gasteiger partial charge in [0, 0.05) is 23.3 Å². The van der Waals surface area contributed by atoms with Crippen LogP contribution in [-0.4, -0.2) is 21.0 Å². The third kappa shape index (κ3) is 2.32. The predicted octanol–water partition coefficient (Wildman–Crippen LogP) is 1.60.